The average Bonchev–Trinajstić information content (AvgIpc) is 2.63. The van der Waals surface area contributed by atoms with Gasteiger partial charge >= 0.3 is 0 Å². The van der Waals surface area contributed by atoms with Crippen molar-refractivity contribution in [2.75, 3.05) is 26.4 Å². The minimum atomic E-state index is -0.825. The summed E-state index contributed by atoms with van der Waals surface area (Å²) < 4.78 is 22.6. The Morgan fingerprint density at radius 3 is 1.46 bits per heavy atom. The van der Waals surface area contributed by atoms with Crippen LogP contribution in [0.1, 0.15) is 98.3 Å². The normalized spacial score (nSPS) is 12.2. The lowest BCUT2D eigenvalue weighted by atomic mass is 10.1. The lowest BCUT2D eigenvalue weighted by Gasteiger charge is -2.32. The standard InChI is InChI=1S/C22H44O4/c1-5-20-23-21-18-16-14-12-10-9-11-13-15-17-19-22(24-6-2,25-7-3)26-8-4/h5,20H,6-19,21H2,1-4H3. The first kappa shape index (κ1) is 25.4. The summed E-state index contributed by atoms with van der Waals surface area (Å²) in [7, 11) is 0. The molecule has 0 N–H and O–H groups in total. The molecule has 0 atom stereocenters. The van der Waals surface area contributed by atoms with Crippen LogP contribution in [0.15, 0.2) is 12.3 Å². The van der Waals surface area contributed by atoms with E-state index in [9.17, 15) is 0 Å². The molecule has 0 amide bonds. The Hall–Kier alpha value is -0.580. The molecule has 0 aromatic rings. The van der Waals surface area contributed by atoms with Gasteiger partial charge in [-0.3, -0.25) is 0 Å². The van der Waals surface area contributed by atoms with Crippen molar-refractivity contribution in [1.82, 2.24) is 0 Å². The van der Waals surface area contributed by atoms with Crippen LogP contribution in [0.4, 0.5) is 0 Å². The molecular weight excluding hydrogens is 328 g/mol. The fourth-order valence-electron chi connectivity index (χ4n) is 3.11. The SMILES string of the molecule is CC=COCCCCCCCCCCCCC(OCC)(OCC)OCC. The molecule has 0 rings (SSSR count). The van der Waals surface area contributed by atoms with Crippen LogP contribution < -0.4 is 0 Å². The highest BCUT2D eigenvalue weighted by molar-refractivity contribution is 4.64. The number of hydrogen-bond acceptors (Lipinski definition) is 4. The minimum absolute atomic E-state index is 0.613. The van der Waals surface area contributed by atoms with Crippen molar-refractivity contribution in [2.45, 2.75) is 104 Å². The lowest BCUT2D eigenvalue weighted by molar-refractivity contribution is -0.380. The van der Waals surface area contributed by atoms with Gasteiger partial charge in [-0.2, -0.15) is 0 Å². The van der Waals surface area contributed by atoms with Gasteiger partial charge in [0.15, 0.2) is 0 Å². The summed E-state index contributed by atoms with van der Waals surface area (Å²) in [5.41, 5.74) is 0. The molecule has 0 saturated heterocycles. The number of unbranched alkanes of at least 4 members (excludes halogenated alkanes) is 9. The van der Waals surface area contributed by atoms with Crippen LogP contribution in [0.5, 0.6) is 0 Å². The quantitative estimate of drug-likeness (QED) is 0.137. The predicted octanol–water partition coefficient (Wildman–Crippen LogP) is 6.59. The zero-order valence-corrected chi connectivity index (χ0v) is 17.9. The Labute approximate surface area is 162 Å². The molecular formula is C22H44O4. The number of allylic oxidation sites excluding steroid dienone is 1. The van der Waals surface area contributed by atoms with E-state index in [2.05, 4.69) is 0 Å². The van der Waals surface area contributed by atoms with Crippen LogP contribution in [0.2, 0.25) is 0 Å². The second-order valence-corrected chi connectivity index (χ2v) is 6.61. The van der Waals surface area contributed by atoms with E-state index >= 15 is 0 Å². The van der Waals surface area contributed by atoms with Crippen molar-refractivity contribution in [2.24, 2.45) is 0 Å². The molecule has 0 aromatic heterocycles. The summed E-state index contributed by atoms with van der Waals surface area (Å²) >= 11 is 0. The van der Waals surface area contributed by atoms with E-state index < -0.39 is 5.97 Å². The first-order valence-corrected chi connectivity index (χ1v) is 10.9. The molecule has 156 valence electrons. The van der Waals surface area contributed by atoms with Crippen LogP contribution in [-0.4, -0.2) is 32.4 Å². The third kappa shape index (κ3) is 14.6. The summed E-state index contributed by atoms with van der Waals surface area (Å²) in [6, 6.07) is 0. The van der Waals surface area contributed by atoms with Gasteiger partial charge in [-0.25, -0.2) is 0 Å². The minimum Gasteiger partial charge on any atom is -0.502 e. The zero-order valence-electron chi connectivity index (χ0n) is 17.9. The molecule has 0 heterocycles. The predicted molar refractivity (Wildman–Crippen MR) is 109 cm³/mol. The molecule has 0 radical (unpaired) electrons. The zero-order chi connectivity index (χ0) is 19.3. The lowest BCUT2D eigenvalue weighted by Crippen LogP contribution is -2.39. The molecule has 0 unspecified atom stereocenters. The second-order valence-electron chi connectivity index (χ2n) is 6.61. The van der Waals surface area contributed by atoms with E-state index in [4.69, 9.17) is 18.9 Å². The molecule has 0 aliphatic rings. The first-order valence-electron chi connectivity index (χ1n) is 10.9. The third-order valence-corrected chi connectivity index (χ3v) is 4.32. The van der Waals surface area contributed by atoms with Gasteiger partial charge in [-0.1, -0.05) is 57.4 Å². The smallest absolute Gasteiger partial charge is 0.282 e. The fourth-order valence-corrected chi connectivity index (χ4v) is 3.11. The van der Waals surface area contributed by atoms with Gasteiger partial charge < -0.3 is 18.9 Å². The Balaban J connectivity index is 3.55. The maximum absolute atomic E-state index is 5.77. The van der Waals surface area contributed by atoms with Crippen molar-refractivity contribution in [1.29, 1.82) is 0 Å². The van der Waals surface area contributed by atoms with Crippen LogP contribution >= 0.6 is 0 Å². The highest BCUT2D eigenvalue weighted by Gasteiger charge is 2.31. The highest BCUT2D eigenvalue weighted by atomic mass is 16.9. The highest BCUT2D eigenvalue weighted by Crippen LogP contribution is 2.24. The summed E-state index contributed by atoms with van der Waals surface area (Å²) in [5.74, 6) is -0.825. The molecule has 0 fully saturated rings. The maximum Gasteiger partial charge on any atom is 0.282 e. The van der Waals surface area contributed by atoms with Crippen molar-refractivity contribution in [3.63, 3.8) is 0 Å². The van der Waals surface area contributed by atoms with Gasteiger partial charge in [-0.05, 0) is 40.5 Å². The van der Waals surface area contributed by atoms with Crippen LogP contribution in [0, 0.1) is 0 Å². The number of ether oxygens (including phenoxy) is 4. The molecule has 0 aromatic carbocycles. The van der Waals surface area contributed by atoms with E-state index in [0.717, 1.165) is 19.4 Å². The maximum atomic E-state index is 5.77. The number of hydrogen-bond donors (Lipinski definition) is 0. The second kappa shape index (κ2) is 19.2. The van der Waals surface area contributed by atoms with Crippen molar-refractivity contribution in [3.05, 3.63) is 12.3 Å². The summed E-state index contributed by atoms with van der Waals surface area (Å²) in [6.45, 7) is 10.6. The van der Waals surface area contributed by atoms with Gasteiger partial charge in [0.05, 0.1) is 12.9 Å². The van der Waals surface area contributed by atoms with Crippen LogP contribution in [-0.2, 0) is 18.9 Å². The van der Waals surface area contributed by atoms with Gasteiger partial charge in [0.1, 0.15) is 0 Å². The van der Waals surface area contributed by atoms with E-state index in [0.29, 0.717) is 19.8 Å². The Bertz CT molecular complexity index is 287. The molecule has 0 saturated carbocycles. The van der Waals surface area contributed by atoms with Crippen LogP contribution in [0.3, 0.4) is 0 Å². The molecule has 4 nitrogen and oxygen atoms in total. The Morgan fingerprint density at radius 2 is 1.04 bits per heavy atom. The topological polar surface area (TPSA) is 36.9 Å². The van der Waals surface area contributed by atoms with E-state index in [1.807, 2.05) is 33.8 Å². The summed E-state index contributed by atoms with van der Waals surface area (Å²) in [6.07, 6.45) is 17.3. The Kier molecular flexibility index (Phi) is 18.8. The molecule has 0 spiro atoms. The summed E-state index contributed by atoms with van der Waals surface area (Å²) in [5, 5.41) is 0. The van der Waals surface area contributed by atoms with Crippen molar-refractivity contribution in [3.8, 4) is 0 Å². The van der Waals surface area contributed by atoms with E-state index in [1.165, 1.54) is 57.8 Å². The molecule has 0 aliphatic carbocycles. The molecule has 0 aliphatic heterocycles. The van der Waals surface area contributed by atoms with Crippen LogP contribution in [0.25, 0.3) is 0 Å². The van der Waals surface area contributed by atoms with Gasteiger partial charge in [0.25, 0.3) is 5.97 Å². The van der Waals surface area contributed by atoms with Crippen molar-refractivity contribution < 1.29 is 18.9 Å². The monoisotopic (exact) mass is 372 g/mol. The summed E-state index contributed by atoms with van der Waals surface area (Å²) in [4.78, 5) is 0. The Morgan fingerprint density at radius 1 is 0.615 bits per heavy atom. The van der Waals surface area contributed by atoms with Gasteiger partial charge in [0, 0.05) is 26.2 Å². The first-order chi connectivity index (χ1) is 12.7. The van der Waals surface area contributed by atoms with E-state index in [-0.39, 0.29) is 0 Å². The van der Waals surface area contributed by atoms with Gasteiger partial charge in [-0.15, -0.1) is 0 Å². The van der Waals surface area contributed by atoms with Gasteiger partial charge in [0.2, 0.25) is 0 Å². The third-order valence-electron chi connectivity index (χ3n) is 4.32. The van der Waals surface area contributed by atoms with E-state index in [1.54, 1.807) is 6.26 Å². The van der Waals surface area contributed by atoms with Crippen molar-refractivity contribution >= 4 is 0 Å². The fraction of sp³-hybridized carbons (Fsp3) is 0.909. The molecule has 0 bridgehead atoms. The molecule has 26 heavy (non-hydrogen) atoms. The molecule has 4 heteroatoms. The largest absolute Gasteiger partial charge is 0.502 e. The average molecular weight is 373 g/mol. The number of rotatable bonds is 20.